The second-order valence-electron chi connectivity index (χ2n) is 5.75. The molecule has 0 bridgehead atoms. The molecule has 2 aliphatic heterocycles. The van der Waals surface area contributed by atoms with Gasteiger partial charge >= 0.3 is 0 Å². The Balaban J connectivity index is 0.00000162. The third-order valence-corrected chi connectivity index (χ3v) is 4.32. The molecule has 1 unspecified atom stereocenters. The van der Waals surface area contributed by atoms with E-state index in [1.54, 1.807) is 0 Å². The molecule has 2 aliphatic rings. The fourth-order valence-electron chi connectivity index (χ4n) is 3.26. The molecule has 2 fully saturated rings. The van der Waals surface area contributed by atoms with E-state index >= 15 is 0 Å². The van der Waals surface area contributed by atoms with Crippen molar-refractivity contribution >= 4 is 12.4 Å². The Morgan fingerprint density at radius 2 is 1.94 bits per heavy atom. The lowest BCUT2D eigenvalue weighted by Gasteiger charge is -2.33. The molecular weight excluding hydrogens is 248 g/mol. The van der Waals surface area contributed by atoms with Crippen molar-refractivity contribution in [2.24, 2.45) is 11.8 Å². The highest BCUT2D eigenvalue weighted by molar-refractivity contribution is 5.85. The number of halogens is 1. The number of methoxy groups -OCH3 is 1. The second kappa shape index (κ2) is 9.13. The van der Waals surface area contributed by atoms with Crippen molar-refractivity contribution in [1.29, 1.82) is 0 Å². The number of hydrogen-bond donors (Lipinski definition) is 1. The first kappa shape index (κ1) is 16.2. The summed E-state index contributed by atoms with van der Waals surface area (Å²) >= 11 is 0. The summed E-state index contributed by atoms with van der Waals surface area (Å²) in [5.41, 5.74) is 0. The molecule has 108 valence electrons. The second-order valence-corrected chi connectivity index (χ2v) is 5.75. The predicted octanol–water partition coefficient (Wildman–Crippen LogP) is 2.16. The monoisotopic (exact) mass is 276 g/mol. The molecular formula is C14H29ClN2O. The molecule has 3 nitrogen and oxygen atoms in total. The minimum atomic E-state index is 0. The number of piperidine rings is 2. The van der Waals surface area contributed by atoms with E-state index in [1.165, 1.54) is 64.8 Å². The number of likely N-dealkylation sites (tertiary alicyclic amines) is 1. The van der Waals surface area contributed by atoms with Gasteiger partial charge in [0.1, 0.15) is 0 Å². The van der Waals surface area contributed by atoms with Crippen LogP contribution >= 0.6 is 12.4 Å². The zero-order valence-corrected chi connectivity index (χ0v) is 12.5. The molecule has 2 heterocycles. The van der Waals surface area contributed by atoms with Gasteiger partial charge in [-0.3, -0.25) is 0 Å². The van der Waals surface area contributed by atoms with Gasteiger partial charge in [0.25, 0.3) is 0 Å². The summed E-state index contributed by atoms with van der Waals surface area (Å²) in [6.07, 6.45) is 6.89. The van der Waals surface area contributed by atoms with Gasteiger partial charge in [-0.2, -0.15) is 0 Å². The van der Waals surface area contributed by atoms with Gasteiger partial charge in [-0.15, -0.1) is 12.4 Å². The quantitative estimate of drug-likeness (QED) is 0.833. The summed E-state index contributed by atoms with van der Waals surface area (Å²) in [4.78, 5) is 2.66. The van der Waals surface area contributed by atoms with E-state index in [-0.39, 0.29) is 12.4 Å². The van der Waals surface area contributed by atoms with Crippen molar-refractivity contribution in [2.75, 3.05) is 46.4 Å². The van der Waals surface area contributed by atoms with E-state index in [1.807, 2.05) is 7.11 Å². The number of nitrogens with one attached hydrogen (secondary N) is 1. The van der Waals surface area contributed by atoms with Crippen LogP contribution in [0.15, 0.2) is 0 Å². The van der Waals surface area contributed by atoms with Crippen molar-refractivity contribution in [2.45, 2.75) is 32.1 Å². The predicted molar refractivity (Wildman–Crippen MR) is 78.5 cm³/mol. The van der Waals surface area contributed by atoms with Gasteiger partial charge in [-0.05, 0) is 70.1 Å². The Morgan fingerprint density at radius 3 is 2.67 bits per heavy atom. The molecule has 4 heteroatoms. The van der Waals surface area contributed by atoms with Gasteiger partial charge < -0.3 is 15.0 Å². The highest BCUT2D eigenvalue weighted by Crippen LogP contribution is 2.20. The molecule has 2 saturated heterocycles. The molecule has 1 N–H and O–H groups in total. The topological polar surface area (TPSA) is 24.5 Å². The SMILES string of the molecule is COCC1CCCN(CCC2CCNCC2)C1.Cl. The number of hydrogen-bond acceptors (Lipinski definition) is 3. The molecule has 0 aliphatic carbocycles. The van der Waals surface area contributed by atoms with Crippen LogP contribution < -0.4 is 5.32 Å². The minimum Gasteiger partial charge on any atom is -0.384 e. The van der Waals surface area contributed by atoms with Crippen LogP contribution in [0.2, 0.25) is 0 Å². The molecule has 18 heavy (non-hydrogen) atoms. The molecule has 0 spiro atoms. The fraction of sp³-hybridized carbons (Fsp3) is 1.00. The first-order chi connectivity index (χ1) is 8.38. The van der Waals surface area contributed by atoms with E-state index in [0.717, 1.165) is 18.4 Å². The first-order valence-corrected chi connectivity index (χ1v) is 7.30. The van der Waals surface area contributed by atoms with Crippen molar-refractivity contribution < 1.29 is 4.74 Å². The van der Waals surface area contributed by atoms with Crippen LogP contribution in [0, 0.1) is 11.8 Å². The Kier molecular flexibility index (Phi) is 8.23. The van der Waals surface area contributed by atoms with Crippen LogP contribution in [0.1, 0.15) is 32.1 Å². The van der Waals surface area contributed by atoms with E-state index in [2.05, 4.69) is 10.2 Å². The smallest absolute Gasteiger partial charge is 0.0502 e. The third-order valence-electron chi connectivity index (χ3n) is 4.32. The van der Waals surface area contributed by atoms with E-state index in [4.69, 9.17) is 4.74 Å². The fourth-order valence-corrected chi connectivity index (χ4v) is 3.26. The molecule has 2 rings (SSSR count). The molecule has 0 radical (unpaired) electrons. The summed E-state index contributed by atoms with van der Waals surface area (Å²) < 4.78 is 5.29. The van der Waals surface area contributed by atoms with Crippen LogP contribution in [0.4, 0.5) is 0 Å². The number of nitrogens with zero attached hydrogens (tertiary/aromatic N) is 1. The molecule has 0 aromatic rings. The van der Waals surface area contributed by atoms with Gasteiger partial charge in [0.05, 0.1) is 6.61 Å². The minimum absolute atomic E-state index is 0. The maximum absolute atomic E-state index is 5.29. The van der Waals surface area contributed by atoms with Crippen LogP contribution in [-0.2, 0) is 4.74 Å². The van der Waals surface area contributed by atoms with Crippen molar-refractivity contribution in [3.63, 3.8) is 0 Å². The van der Waals surface area contributed by atoms with Crippen molar-refractivity contribution in [3.05, 3.63) is 0 Å². The van der Waals surface area contributed by atoms with Crippen LogP contribution in [0.3, 0.4) is 0 Å². The maximum Gasteiger partial charge on any atom is 0.0502 e. The van der Waals surface area contributed by atoms with E-state index in [9.17, 15) is 0 Å². The van der Waals surface area contributed by atoms with E-state index < -0.39 is 0 Å². The average Bonchev–Trinajstić information content (AvgIpc) is 2.39. The Hall–Kier alpha value is 0.170. The van der Waals surface area contributed by atoms with Crippen LogP contribution in [0.5, 0.6) is 0 Å². The van der Waals surface area contributed by atoms with Gasteiger partial charge in [0.15, 0.2) is 0 Å². The summed E-state index contributed by atoms with van der Waals surface area (Å²) in [6.45, 7) is 7.30. The van der Waals surface area contributed by atoms with Gasteiger partial charge in [0, 0.05) is 13.7 Å². The largest absolute Gasteiger partial charge is 0.384 e. The third kappa shape index (κ3) is 5.43. The normalized spacial score (nSPS) is 26.8. The number of ether oxygens (including phenoxy) is 1. The molecule has 0 aromatic heterocycles. The van der Waals surface area contributed by atoms with Gasteiger partial charge in [-0.1, -0.05) is 0 Å². The highest BCUT2D eigenvalue weighted by Gasteiger charge is 2.21. The molecule has 0 saturated carbocycles. The average molecular weight is 277 g/mol. The zero-order valence-electron chi connectivity index (χ0n) is 11.7. The summed E-state index contributed by atoms with van der Waals surface area (Å²) in [5, 5.41) is 3.45. The highest BCUT2D eigenvalue weighted by atomic mass is 35.5. The Labute approximate surface area is 118 Å². The number of rotatable bonds is 5. The zero-order chi connectivity index (χ0) is 11.9. The van der Waals surface area contributed by atoms with Gasteiger partial charge in [0.2, 0.25) is 0 Å². The lowest BCUT2D eigenvalue weighted by molar-refractivity contribution is 0.0868. The van der Waals surface area contributed by atoms with E-state index in [0.29, 0.717) is 0 Å². The molecule has 1 atom stereocenters. The van der Waals surface area contributed by atoms with Crippen molar-refractivity contribution in [1.82, 2.24) is 10.2 Å². The van der Waals surface area contributed by atoms with Crippen molar-refractivity contribution in [3.8, 4) is 0 Å². The standard InChI is InChI=1S/C14H28N2O.ClH/c1-17-12-14-3-2-9-16(11-14)10-6-13-4-7-15-8-5-13;/h13-15H,2-12H2,1H3;1H. The van der Waals surface area contributed by atoms with Crippen LogP contribution in [0.25, 0.3) is 0 Å². The Bertz CT molecular complexity index is 208. The van der Waals surface area contributed by atoms with Gasteiger partial charge in [-0.25, -0.2) is 0 Å². The lowest BCUT2D eigenvalue weighted by Crippen LogP contribution is -2.39. The summed E-state index contributed by atoms with van der Waals surface area (Å²) in [5.74, 6) is 1.75. The lowest BCUT2D eigenvalue weighted by atomic mass is 9.93. The summed E-state index contributed by atoms with van der Waals surface area (Å²) in [6, 6.07) is 0. The Morgan fingerprint density at radius 1 is 1.17 bits per heavy atom. The molecule has 0 amide bonds. The first-order valence-electron chi connectivity index (χ1n) is 7.30. The molecule has 0 aromatic carbocycles. The van der Waals surface area contributed by atoms with Crippen LogP contribution in [-0.4, -0.2) is 51.3 Å². The maximum atomic E-state index is 5.29. The summed E-state index contributed by atoms with van der Waals surface area (Å²) in [7, 11) is 1.83.